The molecule has 0 aliphatic heterocycles. The quantitative estimate of drug-likeness (QED) is 0.450. The molecule has 0 N–H and O–H groups in total. The van der Waals surface area contributed by atoms with Gasteiger partial charge < -0.3 is 0 Å². The van der Waals surface area contributed by atoms with Gasteiger partial charge in [-0.3, -0.25) is 9.38 Å². The van der Waals surface area contributed by atoms with Crippen molar-refractivity contribution in [1.29, 1.82) is 0 Å². The summed E-state index contributed by atoms with van der Waals surface area (Å²) in [4.78, 5) is 8.91. The van der Waals surface area contributed by atoms with E-state index in [9.17, 15) is 8.78 Å². The van der Waals surface area contributed by atoms with Crippen molar-refractivity contribution in [3.05, 3.63) is 65.9 Å². The molecule has 5 aromatic rings. The summed E-state index contributed by atoms with van der Waals surface area (Å²) in [5, 5.41) is 13.1. The summed E-state index contributed by atoms with van der Waals surface area (Å²) in [6.07, 6.45) is 3.39. The van der Waals surface area contributed by atoms with Gasteiger partial charge in [-0.25, -0.2) is 13.8 Å². The lowest BCUT2D eigenvalue weighted by Crippen LogP contribution is -2.03. The second-order valence-corrected chi connectivity index (χ2v) is 7.34. The third-order valence-corrected chi connectivity index (χ3v) is 4.95. The number of benzene rings is 1. The molecule has 5 rings (SSSR count). The maximum atomic E-state index is 14.7. The molecule has 7 nitrogen and oxygen atoms in total. The highest BCUT2D eigenvalue weighted by Crippen LogP contribution is 2.34. The molecule has 0 saturated carbocycles. The second kappa shape index (κ2) is 6.65. The van der Waals surface area contributed by atoms with E-state index >= 15 is 0 Å². The van der Waals surface area contributed by atoms with E-state index in [-0.39, 0.29) is 11.5 Å². The van der Waals surface area contributed by atoms with Crippen molar-refractivity contribution in [3.63, 3.8) is 0 Å². The zero-order valence-electron chi connectivity index (χ0n) is 16.5. The Kier molecular flexibility index (Phi) is 4.05. The first-order valence-electron chi connectivity index (χ1n) is 9.46. The van der Waals surface area contributed by atoms with Crippen molar-refractivity contribution < 1.29 is 8.78 Å². The fourth-order valence-corrected chi connectivity index (χ4v) is 3.51. The molecule has 0 atom stereocenters. The van der Waals surface area contributed by atoms with Gasteiger partial charge >= 0.3 is 0 Å². The molecule has 150 valence electrons. The average molecular weight is 405 g/mol. The smallest absolute Gasteiger partial charge is 0.177 e. The van der Waals surface area contributed by atoms with E-state index in [2.05, 4.69) is 20.2 Å². The lowest BCUT2D eigenvalue weighted by molar-refractivity contribution is 0.585. The monoisotopic (exact) mass is 405 g/mol. The fourth-order valence-electron chi connectivity index (χ4n) is 3.51. The Morgan fingerprint density at radius 1 is 1.03 bits per heavy atom. The van der Waals surface area contributed by atoms with E-state index in [1.807, 2.05) is 25.2 Å². The normalized spacial score (nSPS) is 11.8. The minimum Gasteiger partial charge on any atom is -0.295 e. The van der Waals surface area contributed by atoms with Crippen LogP contribution in [0.3, 0.4) is 0 Å². The van der Waals surface area contributed by atoms with E-state index in [1.165, 1.54) is 12.1 Å². The van der Waals surface area contributed by atoms with E-state index in [0.29, 0.717) is 39.9 Å². The van der Waals surface area contributed by atoms with Crippen molar-refractivity contribution in [2.75, 3.05) is 0 Å². The van der Waals surface area contributed by atoms with Gasteiger partial charge in [-0.2, -0.15) is 9.61 Å². The molecule has 0 radical (unpaired) electrons. The Morgan fingerprint density at radius 2 is 1.87 bits per heavy atom. The number of nitrogens with zero attached hydrogens (tertiary/aromatic N) is 7. The first-order chi connectivity index (χ1) is 14.4. The lowest BCUT2D eigenvalue weighted by atomic mass is 10.1. The summed E-state index contributed by atoms with van der Waals surface area (Å²) in [5.41, 5.74) is 3.54. The number of halogens is 2. The van der Waals surface area contributed by atoms with Crippen LogP contribution in [0.4, 0.5) is 8.78 Å². The summed E-state index contributed by atoms with van der Waals surface area (Å²) < 4.78 is 31.7. The van der Waals surface area contributed by atoms with E-state index in [0.717, 1.165) is 6.07 Å². The van der Waals surface area contributed by atoms with Crippen LogP contribution in [-0.4, -0.2) is 34.2 Å². The molecule has 4 aromatic heterocycles. The van der Waals surface area contributed by atoms with Crippen LogP contribution in [0.15, 0.2) is 42.7 Å². The van der Waals surface area contributed by atoms with Gasteiger partial charge in [0, 0.05) is 29.9 Å². The van der Waals surface area contributed by atoms with E-state index in [4.69, 9.17) is 5.10 Å². The molecule has 30 heavy (non-hydrogen) atoms. The number of hydrogen-bond donors (Lipinski definition) is 0. The molecule has 0 amide bonds. The zero-order valence-corrected chi connectivity index (χ0v) is 16.5. The van der Waals surface area contributed by atoms with Crippen molar-refractivity contribution >= 4 is 11.3 Å². The average Bonchev–Trinajstić information content (AvgIpc) is 3.30. The Bertz CT molecular complexity index is 1420. The predicted molar refractivity (Wildman–Crippen MR) is 107 cm³/mol. The number of hydrogen-bond acceptors (Lipinski definition) is 5. The molecule has 0 saturated heterocycles. The molecule has 0 aliphatic carbocycles. The predicted octanol–water partition coefficient (Wildman–Crippen LogP) is 4.21. The molecule has 0 bridgehead atoms. The van der Waals surface area contributed by atoms with Crippen molar-refractivity contribution in [2.45, 2.75) is 26.7 Å². The molecule has 9 heteroatoms. The number of rotatable bonds is 3. The van der Waals surface area contributed by atoms with Crippen LogP contribution in [0, 0.1) is 18.6 Å². The topological polar surface area (TPSA) is 73.3 Å². The fraction of sp³-hybridized carbons (Fsp3) is 0.190. The third kappa shape index (κ3) is 2.73. The van der Waals surface area contributed by atoms with Gasteiger partial charge in [0.2, 0.25) is 0 Å². The van der Waals surface area contributed by atoms with Crippen LogP contribution in [0.2, 0.25) is 0 Å². The van der Waals surface area contributed by atoms with Crippen LogP contribution < -0.4 is 0 Å². The van der Waals surface area contributed by atoms with Crippen LogP contribution >= 0.6 is 0 Å². The summed E-state index contributed by atoms with van der Waals surface area (Å²) in [6, 6.07) is 7.04. The van der Waals surface area contributed by atoms with Crippen molar-refractivity contribution in [3.8, 4) is 22.6 Å². The first-order valence-corrected chi connectivity index (χ1v) is 9.46. The Balaban J connectivity index is 1.85. The molecule has 4 heterocycles. The van der Waals surface area contributed by atoms with Crippen LogP contribution in [-0.2, 0) is 0 Å². The Morgan fingerprint density at radius 3 is 2.63 bits per heavy atom. The van der Waals surface area contributed by atoms with Crippen LogP contribution in [0.1, 0.15) is 31.3 Å². The van der Waals surface area contributed by atoms with Gasteiger partial charge in [0.15, 0.2) is 17.1 Å². The number of fused-ring (bicyclic) bond motifs is 2. The number of aromatic nitrogens is 7. The minimum atomic E-state index is -0.696. The highest BCUT2D eigenvalue weighted by atomic mass is 19.1. The Hall–Kier alpha value is -3.75. The molecular formula is C21H17F2N7. The minimum absolute atomic E-state index is 0.116. The van der Waals surface area contributed by atoms with Gasteiger partial charge in [-0.15, -0.1) is 10.2 Å². The van der Waals surface area contributed by atoms with Gasteiger partial charge in [0.05, 0.1) is 5.69 Å². The van der Waals surface area contributed by atoms with E-state index in [1.54, 1.807) is 29.0 Å². The third-order valence-electron chi connectivity index (χ3n) is 4.95. The number of imidazole rings is 1. The lowest BCUT2D eigenvalue weighted by Gasteiger charge is -2.08. The molecule has 0 aliphatic rings. The standard InChI is InChI=1S/C21H17F2N7/c1-11(2)20-27-26-17-7-6-16(28-30(17)20)19-18(14-5-4-13(22)10-15(14)23)25-21-12(3)24-8-9-29(19)21/h4-11H,1-3H3. The first kappa shape index (κ1) is 18.3. The van der Waals surface area contributed by atoms with Gasteiger partial charge in [-0.1, -0.05) is 13.8 Å². The van der Waals surface area contributed by atoms with Crippen molar-refractivity contribution in [1.82, 2.24) is 34.2 Å². The summed E-state index contributed by atoms with van der Waals surface area (Å²) in [5.74, 6) is -0.512. The maximum absolute atomic E-state index is 14.7. The van der Waals surface area contributed by atoms with Gasteiger partial charge in [-0.05, 0) is 31.2 Å². The largest absolute Gasteiger partial charge is 0.295 e. The van der Waals surface area contributed by atoms with Gasteiger partial charge in [0.1, 0.15) is 28.7 Å². The molecule has 1 aromatic carbocycles. The highest BCUT2D eigenvalue weighted by Gasteiger charge is 2.22. The highest BCUT2D eigenvalue weighted by molar-refractivity contribution is 5.81. The molecular weight excluding hydrogens is 388 g/mol. The summed E-state index contributed by atoms with van der Waals surface area (Å²) in [6.45, 7) is 5.84. The van der Waals surface area contributed by atoms with E-state index < -0.39 is 11.6 Å². The van der Waals surface area contributed by atoms with Crippen molar-refractivity contribution in [2.24, 2.45) is 0 Å². The molecule has 0 fully saturated rings. The molecule has 0 spiro atoms. The summed E-state index contributed by atoms with van der Waals surface area (Å²) in [7, 11) is 0. The van der Waals surface area contributed by atoms with Gasteiger partial charge in [0.25, 0.3) is 0 Å². The Labute approximate surface area is 170 Å². The maximum Gasteiger partial charge on any atom is 0.177 e. The number of aryl methyl sites for hydroxylation is 1. The SMILES string of the molecule is Cc1nccn2c(-c3ccc4nnc(C(C)C)n4n3)c(-c3ccc(F)cc3F)nc12. The second-order valence-electron chi connectivity index (χ2n) is 7.34. The van der Waals surface area contributed by atoms with Crippen LogP contribution in [0.25, 0.3) is 33.9 Å². The zero-order chi connectivity index (χ0) is 21.0. The van der Waals surface area contributed by atoms with Crippen LogP contribution in [0.5, 0.6) is 0 Å². The molecule has 0 unspecified atom stereocenters. The summed E-state index contributed by atoms with van der Waals surface area (Å²) >= 11 is 0.